The van der Waals surface area contributed by atoms with Crippen molar-refractivity contribution in [2.45, 2.75) is 32.6 Å². The number of nitriles is 1. The molecule has 0 aromatic heterocycles. The van der Waals surface area contributed by atoms with Crippen LogP contribution in [0.4, 0.5) is 0 Å². The molecule has 0 aliphatic rings. The third kappa shape index (κ3) is 5.31. The molecule has 1 aromatic rings. The van der Waals surface area contributed by atoms with Crippen molar-refractivity contribution in [3.8, 4) is 6.07 Å². The van der Waals surface area contributed by atoms with Crippen LogP contribution in [-0.4, -0.2) is 12.8 Å². The van der Waals surface area contributed by atoms with E-state index in [4.69, 9.17) is 5.26 Å². The Hall–Kier alpha value is -1.62. The summed E-state index contributed by atoms with van der Waals surface area (Å²) in [5.74, 6) is 0. The molecule has 0 saturated carbocycles. The van der Waals surface area contributed by atoms with Crippen LogP contribution in [-0.2, 0) is 0 Å². The van der Waals surface area contributed by atoms with Crippen molar-refractivity contribution in [2.24, 2.45) is 4.99 Å². The van der Waals surface area contributed by atoms with Gasteiger partial charge in [-0.2, -0.15) is 5.26 Å². The first-order chi connectivity index (χ1) is 7.83. The molecule has 0 saturated heterocycles. The van der Waals surface area contributed by atoms with E-state index in [0.29, 0.717) is 6.42 Å². The maximum absolute atomic E-state index is 8.36. The molecule has 2 heteroatoms. The number of hydrogen-bond acceptors (Lipinski definition) is 2. The third-order valence-corrected chi connectivity index (χ3v) is 2.39. The predicted molar refractivity (Wildman–Crippen MR) is 67.7 cm³/mol. The van der Waals surface area contributed by atoms with Crippen LogP contribution in [0.25, 0.3) is 0 Å². The summed E-state index contributed by atoms with van der Waals surface area (Å²) in [5.41, 5.74) is 2.43. The summed E-state index contributed by atoms with van der Waals surface area (Å²) in [5, 5.41) is 8.36. The van der Waals surface area contributed by atoms with E-state index in [2.05, 4.69) is 42.3 Å². The number of aliphatic imine (C=N–C) groups is 1. The van der Waals surface area contributed by atoms with E-state index in [0.717, 1.165) is 31.4 Å². The molecule has 0 fully saturated rings. The van der Waals surface area contributed by atoms with Gasteiger partial charge in [0.2, 0.25) is 0 Å². The van der Waals surface area contributed by atoms with Crippen molar-refractivity contribution in [2.75, 3.05) is 6.54 Å². The smallest absolute Gasteiger partial charge is 0.0621 e. The van der Waals surface area contributed by atoms with Crippen LogP contribution in [0.5, 0.6) is 0 Å². The number of unbranched alkanes of at least 4 members (excludes halogenated alkanes) is 3. The zero-order chi connectivity index (χ0) is 11.6. The summed E-state index contributed by atoms with van der Waals surface area (Å²) in [7, 11) is 0. The molecule has 1 rings (SSSR count). The molecule has 0 bridgehead atoms. The van der Waals surface area contributed by atoms with Gasteiger partial charge in [-0.25, -0.2) is 0 Å². The molecule has 0 amide bonds. The van der Waals surface area contributed by atoms with Crippen LogP contribution >= 0.6 is 0 Å². The van der Waals surface area contributed by atoms with E-state index in [1.54, 1.807) is 0 Å². The van der Waals surface area contributed by atoms with Gasteiger partial charge in [-0.1, -0.05) is 36.2 Å². The second-order valence-corrected chi connectivity index (χ2v) is 3.91. The van der Waals surface area contributed by atoms with Crippen LogP contribution in [0.15, 0.2) is 29.3 Å². The molecule has 1 aromatic carbocycles. The van der Waals surface area contributed by atoms with Gasteiger partial charge in [0, 0.05) is 19.2 Å². The van der Waals surface area contributed by atoms with Gasteiger partial charge in [-0.3, -0.25) is 4.99 Å². The molecule has 0 unspecified atom stereocenters. The Balaban J connectivity index is 2.17. The fraction of sp³-hybridized carbons (Fsp3) is 0.429. The lowest BCUT2D eigenvalue weighted by atomic mass is 10.2. The molecule has 0 spiro atoms. The highest BCUT2D eigenvalue weighted by molar-refractivity contribution is 5.79. The van der Waals surface area contributed by atoms with Crippen molar-refractivity contribution >= 4 is 6.21 Å². The van der Waals surface area contributed by atoms with E-state index in [9.17, 15) is 0 Å². The van der Waals surface area contributed by atoms with Crippen LogP contribution in [0.3, 0.4) is 0 Å². The first kappa shape index (κ1) is 12.4. The molecule has 84 valence electrons. The third-order valence-electron chi connectivity index (χ3n) is 2.39. The summed E-state index contributed by atoms with van der Waals surface area (Å²) < 4.78 is 0. The van der Waals surface area contributed by atoms with Gasteiger partial charge in [0.25, 0.3) is 0 Å². The summed E-state index contributed by atoms with van der Waals surface area (Å²) in [6.07, 6.45) is 5.75. The van der Waals surface area contributed by atoms with E-state index >= 15 is 0 Å². The van der Waals surface area contributed by atoms with Crippen molar-refractivity contribution < 1.29 is 0 Å². The highest BCUT2D eigenvalue weighted by atomic mass is 14.7. The molecular weight excluding hydrogens is 196 g/mol. The molecule has 0 heterocycles. The molecule has 0 radical (unpaired) electrons. The SMILES string of the molecule is Cc1ccc(/C=N/CCCCCC#N)cc1. The van der Waals surface area contributed by atoms with Gasteiger partial charge >= 0.3 is 0 Å². The average molecular weight is 214 g/mol. The van der Waals surface area contributed by atoms with Crippen LogP contribution in [0, 0.1) is 18.3 Å². The van der Waals surface area contributed by atoms with Gasteiger partial charge in [0.05, 0.1) is 6.07 Å². The normalized spacial score (nSPS) is 10.5. The number of aryl methyl sites for hydroxylation is 1. The van der Waals surface area contributed by atoms with Crippen molar-refractivity contribution in [3.63, 3.8) is 0 Å². The van der Waals surface area contributed by atoms with Crippen LogP contribution in [0.1, 0.15) is 36.8 Å². The second kappa shape index (κ2) is 7.64. The maximum Gasteiger partial charge on any atom is 0.0621 e. The first-order valence-corrected chi connectivity index (χ1v) is 5.76. The fourth-order valence-corrected chi connectivity index (χ4v) is 1.41. The molecule has 0 aliphatic carbocycles. The molecule has 0 atom stereocenters. The Morgan fingerprint density at radius 1 is 1.19 bits per heavy atom. The molecule has 2 nitrogen and oxygen atoms in total. The topological polar surface area (TPSA) is 36.1 Å². The van der Waals surface area contributed by atoms with Crippen LogP contribution in [0.2, 0.25) is 0 Å². The molecular formula is C14H18N2. The zero-order valence-corrected chi connectivity index (χ0v) is 9.82. The summed E-state index contributed by atoms with van der Waals surface area (Å²) in [6.45, 7) is 2.94. The van der Waals surface area contributed by atoms with Gasteiger partial charge in [0.15, 0.2) is 0 Å². The van der Waals surface area contributed by atoms with Gasteiger partial charge in [0.1, 0.15) is 0 Å². The number of benzene rings is 1. The first-order valence-electron chi connectivity index (χ1n) is 5.76. The van der Waals surface area contributed by atoms with Crippen molar-refractivity contribution in [1.29, 1.82) is 5.26 Å². The highest BCUT2D eigenvalue weighted by Gasteiger charge is 1.88. The lowest BCUT2D eigenvalue weighted by Gasteiger charge is -1.95. The summed E-state index contributed by atoms with van der Waals surface area (Å²) in [6, 6.07) is 10.5. The summed E-state index contributed by atoms with van der Waals surface area (Å²) in [4.78, 5) is 4.36. The second-order valence-electron chi connectivity index (χ2n) is 3.91. The van der Waals surface area contributed by atoms with E-state index in [-0.39, 0.29) is 0 Å². The highest BCUT2D eigenvalue weighted by Crippen LogP contribution is 2.01. The Bertz CT molecular complexity index is 357. The number of nitrogens with zero attached hydrogens (tertiary/aromatic N) is 2. The van der Waals surface area contributed by atoms with Crippen molar-refractivity contribution in [1.82, 2.24) is 0 Å². The lowest BCUT2D eigenvalue weighted by Crippen LogP contribution is -1.85. The van der Waals surface area contributed by atoms with Gasteiger partial charge in [-0.15, -0.1) is 0 Å². The molecule has 0 N–H and O–H groups in total. The van der Waals surface area contributed by atoms with E-state index in [1.807, 2.05) is 6.21 Å². The van der Waals surface area contributed by atoms with E-state index in [1.165, 1.54) is 5.56 Å². The monoisotopic (exact) mass is 214 g/mol. The predicted octanol–water partition coefficient (Wildman–Crippen LogP) is 3.50. The number of rotatable bonds is 6. The minimum absolute atomic E-state index is 0.668. The minimum Gasteiger partial charge on any atom is -0.293 e. The molecule has 0 aliphatic heterocycles. The quantitative estimate of drug-likeness (QED) is 0.527. The molecule has 16 heavy (non-hydrogen) atoms. The summed E-state index contributed by atoms with van der Waals surface area (Å²) >= 11 is 0. The standard InChI is InChI=1S/C14H18N2/c1-13-6-8-14(9-7-13)12-16-11-5-3-2-4-10-15/h6-9,12H,2-5,11H2,1H3/b16-12+. The lowest BCUT2D eigenvalue weighted by molar-refractivity contribution is 0.701. The number of hydrogen-bond donors (Lipinski definition) is 0. The Labute approximate surface area is 97.6 Å². The van der Waals surface area contributed by atoms with Gasteiger partial charge < -0.3 is 0 Å². The largest absolute Gasteiger partial charge is 0.293 e. The Morgan fingerprint density at radius 2 is 1.94 bits per heavy atom. The maximum atomic E-state index is 8.36. The fourth-order valence-electron chi connectivity index (χ4n) is 1.41. The van der Waals surface area contributed by atoms with Crippen molar-refractivity contribution in [3.05, 3.63) is 35.4 Å². The average Bonchev–Trinajstić information content (AvgIpc) is 2.30. The van der Waals surface area contributed by atoms with E-state index < -0.39 is 0 Å². The Kier molecular flexibility index (Phi) is 5.95. The minimum atomic E-state index is 0.668. The van der Waals surface area contributed by atoms with Crippen LogP contribution < -0.4 is 0 Å². The van der Waals surface area contributed by atoms with Gasteiger partial charge in [-0.05, 0) is 25.3 Å². The zero-order valence-electron chi connectivity index (χ0n) is 9.82. The Morgan fingerprint density at radius 3 is 2.62 bits per heavy atom.